The zero-order chi connectivity index (χ0) is 19.0. The van der Waals surface area contributed by atoms with E-state index in [4.69, 9.17) is 0 Å². The van der Waals surface area contributed by atoms with Crippen molar-refractivity contribution >= 4 is 5.91 Å². The molecule has 0 spiro atoms. The maximum absolute atomic E-state index is 13.6. The van der Waals surface area contributed by atoms with Gasteiger partial charge in [-0.25, -0.2) is 4.39 Å². The van der Waals surface area contributed by atoms with Gasteiger partial charge in [0.05, 0.1) is 12.6 Å². The second-order valence-electron chi connectivity index (χ2n) is 7.03. The first-order valence-electron chi connectivity index (χ1n) is 9.02. The highest BCUT2D eigenvalue weighted by Gasteiger charge is 2.31. The number of nitrogens with zero attached hydrogens (tertiary/aromatic N) is 4. The molecule has 0 saturated carbocycles. The van der Waals surface area contributed by atoms with Gasteiger partial charge in [0.25, 0.3) is 5.91 Å². The molecule has 3 aromatic rings. The molecular formula is C21H21FN4O. The van der Waals surface area contributed by atoms with Crippen molar-refractivity contribution in [2.24, 2.45) is 0 Å². The van der Waals surface area contributed by atoms with E-state index in [1.54, 1.807) is 24.0 Å². The Morgan fingerprint density at radius 1 is 1.15 bits per heavy atom. The van der Waals surface area contributed by atoms with Crippen molar-refractivity contribution < 1.29 is 9.18 Å². The quantitative estimate of drug-likeness (QED) is 0.715. The van der Waals surface area contributed by atoms with Crippen molar-refractivity contribution in [3.05, 3.63) is 82.7 Å². The summed E-state index contributed by atoms with van der Waals surface area (Å²) >= 11 is 0. The molecular weight excluding hydrogens is 343 g/mol. The summed E-state index contributed by atoms with van der Waals surface area (Å²) in [6.45, 7) is 4.58. The molecule has 4 rings (SSSR count). The maximum atomic E-state index is 13.6. The van der Waals surface area contributed by atoms with Gasteiger partial charge >= 0.3 is 0 Å². The summed E-state index contributed by atoms with van der Waals surface area (Å²) in [5.41, 5.74) is 2.17. The monoisotopic (exact) mass is 364 g/mol. The molecule has 0 unspecified atom stereocenters. The van der Waals surface area contributed by atoms with Gasteiger partial charge in [-0.1, -0.05) is 30.3 Å². The second-order valence-corrected chi connectivity index (χ2v) is 7.03. The summed E-state index contributed by atoms with van der Waals surface area (Å²) in [5, 5.41) is 8.47. The number of carbonyl (C=O) groups excluding carboxylic acids is 1. The minimum absolute atomic E-state index is 0.0663. The molecule has 0 bridgehead atoms. The molecule has 0 N–H and O–H groups in total. The lowest BCUT2D eigenvalue weighted by Gasteiger charge is -2.34. The fourth-order valence-electron chi connectivity index (χ4n) is 3.72. The van der Waals surface area contributed by atoms with Gasteiger partial charge in [0.15, 0.2) is 5.82 Å². The van der Waals surface area contributed by atoms with E-state index in [1.807, 2.05) is 25.1 Å². The Morgan fingerprint density at radius 2 is 1.93 bits per heavy atom. The lowest BCUT2D eigenvalue weighted by Crippen LogP contribution is -2.42. The summed E-state index contributed by atoms with van der Waals surface area (Å²) in [4.78, 5) is 14.8. The average molecular weight is 364 g/mol. The fraction of sp³-hybridized carbons (Fsp3) is 0.286. The molecule has 1 aromatic heterocycles. The van der Waals surface area contributed by atoms with Crippen LogP contribution in [0, 0.1) is 19.7 Å². The predicted octanol–water partition coefficient (Wildman–Crippen LogP) is 3.47. The molecule has 0 saturated heterocycles. The van der Waals surface area contributed by atoms with E-state index in [9.17, 15) is 9.18 Å². The number of benzene rings is 2. The van der Waals surface area contributed by atoms with E-state index in [2.05, 4.69) is 26.9 Å². The minimum atomic E-state index is -0.303. The van der Waals surface area contributed by atoms with E-state index >= 15 is 0 Å². The van der Waals surface area contributed by atoms with Crippen LogP contribution in [0.15, 0.2) is 48.5 Å². The number of halogens is 1. The van der Waals surface area contributed by atoms with Crippen LogP contribution in [-0.2, 0) is 13.0 Å². The highest BCUT2D eigenvalue weighted by Crippen LogP contribution is 2.26. The highest BCUT2D eigenvalue weighted by atomic mass is 19.1. The molecule has 138 valence electrons. The summed E-state index contributed by atoms with van der Waals surface area (Å²) in [7, 11) is 0. The third-order valence-electron chi connectivity index (χ3n) is 5.07. The summed E-state index contributed by atoms with van der Waals surface area (Å²) in [6, 6.07) is 14.8. The van der Waals surface area contributed by atoms with Crippen LogP contribution in [0.5, 0.6) is 0 Å². The van der Waals surface area contributed by atoms with Crippen molar-refractivity contribution in [3.63, 3.8) is 0 Å². The Balaban J connectivity index is 1.64. The summed E-state index contributed by atoms with van der Waals surface area (Å²) in [5.74, 6) is 1.23. The topological polar surface area (TPSA) is 51.0 Å². The van der Waals surface area contributed by atoms with Crippen molar-refractivity contribution in [2.45, 2.75) is 32.9 Å². The normalized spacial score (nSPS) is 16.3. The Bertz CT molecular complexity index is 983. The number of hydrogen-bond acceptors (Lipinski definition) is 3. The van der Waals surface area contributed by atoms with Gasteiger partial charge in [0.1, 0.15) is 11.6 Å². The lowest BCUT2D eigenvalue weighted by molar-refractivity contribution is 0.0672. The number of carbonyl (C=O) groups is 1. The van der Waals surface area contributed by atoms with Crippen LogP contribution in [0.2, 0.25) is 0 Å². The molecule has 0 aliphatic carbocycles. The zero-order valence-corrected chi connectivity index (χ0v) is 15.4. The highest BCUT2D eigenvalue weighted by molar-refractivity contribution is 5.94. The number of aryl methyl sites for hydroxylation is 2. The maximum Gasteiger partial charge on any atom is 0.254 e. The zero-order valence-electron chi connectivity index (χ0n) is 15.4. The van der Waals surface area contributed by atoms with Gasteiger partial charge in [0, 0.05) is 12.1 Å². The molecule has 6 heteroatoms. The van der Waals surface area contributed by atoms with E-state index in [0.29, 0.717) is 24.2 Å². The van der Waals surface area contributed by atoms with Gasteiger partial charge in [-0.15, -0.1) is 10.2 Å². The van der Waals surface area contributed by atoms with Crippen molar-refractivity contribution in [1.82, 2.24) is 19.7 Å². The Morgan fingerprint density at radius 3 is 2.67 bits per heavy atom. The summed E-state index contributed by atoms with van der Waals surface area (Å²) < 4.78 is 15.7. The predicted molar refractivity (Wildman–Crippen MR) is 99.8 cm³/mol. The van der Waals surface area contributed by atoms with Crippen LogP contribution in [0.3, 0.4) is 0 Å². The van der Waals surface area contributed by atoms with Gasteiger partial charge in [-0.05, 0) is 49.6 Å². The van der Waals surface area contributed by atoms with Crippen molar-refractivity contribution in [1.29, 1.82) is 0 Å². The number of rotatable bonds is 3. The van der Waals surface area contributed by atoms with Crippen molar-refractivity contribution in [2.75, 3.05) is 6.54 Å². The van der Waals surface area contributed by atoms with Gasteiger partial charge in [-0.3, -0.25) is 4.79 Å². The first-order chi connectivity index (χ1) is 13.0. The number of amides is 1. The van der Waals surface area contributed by atoms with Gasteiger partial charge < -0.3 is 9.47 Å². The second kappa shape index (κ2) is 6.95. The molecule has 1 aliphatic heterocycles. The molecule has 2 aromatic carbocycles. The standard InChI is InChI=1S/C21H21FN4O/c1-14-10-17(8-9-19(14)22)21(27)25-12-18(11-16-6-4-3-5-7-16)26-15(2)23-24-20(26)13-25/h3-10,18H,11-13H2,1-2H3/t18-/m1/s1. The van der Waals surface area contributed by atoms with Crippen LogP contribution < -0.4 is 0 Å². The third-order valence-corrected chi connectivity index (χ3v) is 5.07. The van der Waals surface area contributed by atoms with Crippen LogP contribution in [0.1, 0.15) is 39.2 Å². The first-order valence-corrected chi connectivity index (χ1v) is 9.02. The molecule has 1 atom stereocenters. The van der Waals surface area contributed by atoms with E-state index in [0.717, 1.165) is 18.1 Å². The first kappa shape index (κ1) is 17.4. The minimum Gasteiger partial charge on any atom is -0.329 e. The third kappa shape index (κ3) is 3.35. The Labute approximate surface area is 157 Å². The Hall–Kier alpha value is -3.02. The number of fused-ring (bicyclic) bond motifs is 1. The molecule has 0 radical (unpaired) electrons. The van der Waals surface area contributed by atoms with Crippen LogP contribution in [0.25, 0.3) is 0 Å². The van der Waals surface area contributed by atoms with Gasteiger partial charge in [0.2, 0.25) is 0 Å². The average Bonchev–Trinajstić information content (AvgIpc) is 3.05. The SMILES string of the molecule is Cc1cc(C(=O)N2Cc3nnc(C)n3[C@H](Cc3ccccc3)C2)ccc1F. The number of aromatic nitrogens is 3. The lowest BCUT2D eigenvalue weighted by atomic mass is 10.0. The van der Waals surface area contributed by atoms with E-state index in [-0.39, 0.29) is 17.8 Å². The molecule has 2 heterocycles. The van der Waals surface area contributed by atoms with Gasteiger partial charge in [-0.2, -0.15) is 0 Å². The van der Waals surface area contributed by atoms with Crippen LogP contribution >= 0.6 is 0 Å². The summed E-state index contributed by atoms with van der Waals surface area (Å²) in [6.07, 6.45) is 0.791. The van der Waals surface area contributed by atoms with E-state index in [1.165, 1.54) is 11.6 Å². The fourth-order valence-corrected chi connectivity index (χ4v) is 3.72. The number of hydrogen-bond donors (Lipinski definition) is 0. The van der Waals surface area contributed by atoms with Crippen LogP contribution in [0.4, 0.5) is 4.39 Å². The molecule has 1 amide bonds. The van der Waals surface area contributed by atoms with Crippen molar-refractivity contribution in [3.8, 4) is 0 Å². The van der Waals surface area contributed by atoms with Crippen LogP contribution in [-0.4, -0.2) is 32.1 Å². The molecule has 1 aliphatic rings. The van der Waals surface area contributed by atoms with E-state index < -0.39 is 0 Å². The largest absolute Gasteiger partial charge is 0.329 e. The molecule has 27 heavy (non-hydrogen) atoms. The molecule has 0 fully saturated rings. The Kier molecular flexibility index (Phi) is 4.48. The smallest absolute Gasteiger partial charge is 0.254 e. The molecule has 5 nitrogen and oxygen atoms in total.